The van der Waals surface area contributed by atoms with E-state index in [0.29, 0.717) is 24.1 Å². The van der Waals surface area contributed by atoms with Crippen LogP contribution in [0.3, 0.4) is 0 Å². The zero-order chi connectivity index (χ0) is 15.5. The molecule has 0 heterocycles. The number of allylic oxidation sites excluding steroid dienone is 1. The Kier molecular flexibility index (Phi) is 5.04. The number of halogens is 4. The number of alkyl halides is 3. The fourth-order valence-corrected chi connectivity index (χ4v) is 2.59. The minimum atomic E-state index is -4.54. The molecule has 1 aromatic rings. The van der Waals surface area contributed by atoms with Crippen molar-refractivity contribution in [1.82, 2.24) is 0 Å². The number of benzene rings is 1. The number of hydrogen-bond acceptors (Lipinski definition) is 1. The van der Waals surface area contributed by atoms with Gasteiger partial charge in [-0.1, -0.05) is 18.9 Å². The molecule has 2 rings (SSSR count). The van der Waals surface area contributed by atoms with Crippen LogP contribution < -0.4 is 0 Å². The average molecular weight is 302 g/mol. The molecule has 116 valence electrons. The predicted molar refractivity (Wildman–Crippen MR) is 72.1 cm³/mol. The molecule has 1 nitrogen and oxygen atoms in total. The van der Waals surface area contributed by atoms with E-state index in [9.17, 15) is 22.7 Å². The molecule has 1 atom stereocenters. The molecule has 0 amide bonds. The Morgan fingerprint density at radius 2 is 1.76 bits per heavy atom. The quantitative estimate of drug-likeness (QED) is 0.591. The highest BCUT2D eigenvalue weighted by Gasteiger charge is 2.32. The number of rotatable bonds is 2. The summed E-state index contributed by atoms with van der Waals surface area (Å²) >= 11 is 0. The summed E-state index contributed by atoms with van der Waals surface area (Å²) in [5, 5.41) is 10.3. The summed E-state index contributed by atoms with van der Waals surface area (Å²) < 4.78 is 51.9. The molecule has 1 unspecified atom stereocenters. The van der Waals surface area contributed by atoms with Gasteiger partial charge in [0.15, 0.2) is 0 Å². The lowest BCUT2D eigenvalue weighted by Gasteiger charge is -2.19. The van der Waals surface area contributed by atoms with Gasteiger partial charge in [0.25, 0.3) is 0 Å². The molecule has 5 heteroatoms. The van der Waals surface area contributed by atoms with E-state index in [4.69, 9.17) is 0 Å². The highest BCUT2D eigenvalue weighted by atomic mass is 19.4. The molecule has 0 bridgehead atoms. The smallest absolute Gasteiger partial charge is 0.384 e. The van der Waals surface area contributed by atoms with E-state index in [0.717, 1.165) is 38.2 Å². The highest BCUT2D eigenvalue weighted by molar-refractivity contribution is 5.33. The van der Waals surface area contributed by atoms with Gasteiger partial charge in [-0.05, 0) is 49.5 Å². The fourth-order valence-electron chi connectivity index (χ4n) is 2.59. The minimum absolute atomic E-state index is 0.295. The monoisotopic (exact) mass is 302 g/mol. The van der Waals surface area contributed by atoms with Gasteiger partial charge in [-0.25, -0.2) is 4.39 Å². The second-order valence-electron chi connectivity index (χ2n) is 5.37. The molecule has 0 saturated carbocycles. The molecule has 21 heavy (non-hydrogen) atoms. The zero-order valence-corrected chi connectivity index (χ0v) is 11.6. The lowest BCUT2D eigenvalue weighted by atomic mass is 9.92. The maximum atomic E-state index is 13.8. The first kappa shape index (κ1) is 16.0. The molecule has 0 aromatic heterocycles. The van der Waals surface area contributed by atoms with Gasteiger partial charge in [0.1, 0.15) is 11.9 Å². The number of hydrogen-bond donors (Lipinski definition) is 1. The summed E-state index contributed by atoms with van der Waals surface area (Å²) in [6.45, 7) is 0. The third-order valence-electron chi connectivity index (χ3n) is 3.80. The molecule has 1 aliphatic carbocycles. The Morgan fingerprint density at radius 1 is 1.05 bits per heavy atom. The summed E-state index contributed by atoms with van der Waals surface area (Å²) in [5.41, 5.74) is -0.617. The summed E-state index contributed by atoms with van der Waals surface area (Å²) in [6.07, 6.45) is 1.34. The van der Waals surface area contributed by atoms with Crippen LogP contribution in [0.1, 0.15) is 55.8 Å². The van der Waals surface area contributed by atoms with Crippen LogP contribution in [-0.4, -0.2) is 5.11 Å². The van der Waals surface area contributed by atoms with Gasteiger partial charge in [0.2, 0.25) is 0 Å². The van der Waals surface area contributed by atoms with Crippen LogP contribution in [0, 0.1) is 5.82 Å². The Hall–Kier alpha value is -1.36. The van der Waals surface area contributed by atoms with Crippen molar-refractivity contribution in [2.24, 2.45) is 0 Å². The lowest BCUT2D eigenvalue weighted by Crippen LogP contribution is -2.10. The van der Waals surface area contributed by atoms with Crippen molar-refractivity contribution in [2.75, 3.05) is 0 Å². The molecule has 0 aliphatic heterocycles. The first-order valence-corrected chi connectivity index (χ1v) is 7.13. The van der Waals surface area contributed by atoms with E-state index in [2.05, 4.69) is 0 Å². The zero-order valence-electron chi connectivity index (χ0n) is 11.6. The van der Waals surface area contributed by atoms with Gasteiger partial charge >= 0.3 is 6.18 Å². The van der Waals surface area contributed by atoms with E-state index < -0.39 is 23.7 Å². The second-order valence-corrected chi connectivity index (χ2v) is 5.37. The van der Waals surface area contributed by atoms with Gasteiger partial charge in [-0.2, -0.15) is 13.2 Å². The predicted octanol–water partition coefficient (Wildman–Crippen LogP) is 5.16. The first-order valence-electron chi connectivity index (χ1n) is 7.13. The maximum absolute atomic E-state index is 13.8. The summed E-state index contributed by atoms with van der Waals surface area (Å²) in [7, 11) is 0. The molecule has 0 saturated heterocycles. The van der Waals surface area contributed by atoms with Crippen molar-refractivity contribution in [1.29, 1.82) is 0 Å². The van der Waals surface area contributed by atoms with Crippen molar-refractivity contribution in [2.45, 2.75) is 50.8 Å². The van der Waals surface area contributed by atoms with Crippen LogP contribution >= 0.6 is 0 Å². The average Bonchev–Trinajstić information content (AvgIpc) is 2.36. The summed E-state index contributed by atoms with van der Waals surface area (Å²) in [6, 6.07) is 2.17. The van der Waals surface area contributed by atoms with Gasteiger partial charge in [0, 0.05) is 5.56 Å². The van der Waals surface area contributed by atoms with Crippen molar-refractivity contribution in [3.8, 4) is 0 Å². The van der Waals surface area contributed by atoms with Crippen LogP contribution in [0.4, 0.5) is 17.6 Å². The van der Waals surface area contributed by atoms with Crippen molar-refractivity contribution in [3.05, 3.63) is 46.8 Å². The highest BCUT2D eigenvalue weighted by Crippen LogP contribution is 2.35. The first-order chi connectivity index (χ1) is 9.89. The normalized spacial score (nSPS) is 21.1. The Balaban J connectivity index is 2.31. The van der Waals surface area contributed by atoms with Crippen molar-refractivity contribution >= 4 is 0 Å². The molecular weight excluding hydrogens is 284 g/mol. The van der Waals surface area contributed by atoms with Gasteiger partial charge < -0.3 is 5.11 Å². The molecule has 0 radical (unpaired) electrons. The Labute approximate surface area is 121 Å². The second kappa shape index (κ2) is 6.60. The van der Waals surface area contributed by atoms with Crippen molar-refractivity contribution in [3.63, 3.8) is 0 Å². The molecule has 0 fully saturated rings. The molecule has 0 spiro atoms. The molecule has 1 aliphatic rings. The van der Waals surface area contributed by atoms with Crippen LogP contribution in [0.25, 0.3) is 0 Å². The van der Waals surface area contributed by atoms with E-state index >= 15 is 0 Å². The van der Waals surface area contributed by atoms with E-state index in [-0.39, 0.29) is 5.56 Å². The summed E-state index contributed by atoms with van der Waals surface area (Å²) in [4.78, 5) is 0. The Bertz CT molecular complexity index is 519. The van der Waals surface area contributed by atoms with E-state index in [1.165, 1.54) is 0 Å². The molecular formula is C16H18F4O. The number of aliphatic hydroxyl groups excluding tert-OH is 1. The van der Waals surface area contributed by atoms with Crippen LogP contribution in [-0.2, 0) is 6.18 Å². The lowest BCUT2D eigenvalue weighted by molar-refractivity contribution is -0.137. The third-order valence-corrected chi connectivity index (χ3v) is 3.80. The Morgan fingerprint density at radius 3 is 2.48 bits per heavy atom. The van der Waals surface area contributed by atoms with Gasteiger partial charge in [-0.3, -0.25) is 0 Å². The summed E-state index contributed by atoms with van der Waals surface area (Å²) in [5.74, 6) is -0.807. The van der Waals surface area contributed by atoms with E-state index in [1.807, 2.05) is 6.08 Å². The topological polar surface area (TPSA) is 20.2 Å². The maximum Gasteiger partial charge on any atom is 0.416 e. The molecule has 1 aromatic carbocycles. The number of aliphatic hydroxyl groups is 1. The largest absolute Gasteiger partial charge is 0.416 e. The van der Waals surface area contributed by atoms with Crippen LogP contribution in [0.5, 0.6) is 0 Å². The fraction of sp³-hybridized carbons (Fsp3) is 0.500. The third kappa shape index (κ3) is 4.06. The van der Waals surface area contributed by atoms with Gasteiger partial charge in [0.05, 0.1) is 5.56 Å². The van der Waals surface area contributed by atoms with Crippen LogP contribution in [0.15, 0.2) is 29.8 Å². The SMILES string of the molecule is OC(/C1=C/CCCCCC1)c1cc(C(F)(F)F)ccc1F. The van der Waals surface area contributed by atoms with E-state index in [1.54, 1.807) is 0 Å². The standard InChI is InChI=1S/C16H18F4O/c17-14-9-8-12(16(18,19)20)10-13(14)15(21)11-6-4-2-1-3-5-7-11/h6,8-10,15,21H,1-5,7H2/b11-6+. The minimum Gasteiger partial charge on any atom is -0.384 e. The van der Waals surface area contributed by atoms with Gasteiger partial charge in [-0.15, -0.1) is 0 Å². The van der Waals surface area contributed by atoms with Crippen molar-refractivity contribution < 1.29 is 22.7 Å². The van der Waals surface area contributed by atoms with Crippen LogP contribution in [0.2, 0.25) is 0 Å². The molecule has 1 N–H and O–H groups in total.